The van der Waals surface area contributed by atoms with Crippen molar-refractivity contribution < 1.29 is 14.2 Å². The Morgan fingerprint density at radius 3 is 2.78 bits per heavy atom. The third-order valence-electron chi connectivity index (χ3n) is 3.44. The quantitative estimate of drug-likeness (QED) is 0.894. The van der Waals surface area contributed by atoms with Crippen LogP contribution in [-0.2, 0) is 11.3 Å². The van der Waals surface area contributed by atoms with Crippen molar-refractivity contribution in [1.29, 1.82) is 0 Å². The van der Waals surface area contributed by atoms with E-state index in [9.17, 15) is 9.50 Å². The minimum atomic E-state index is -0.302. The first-order valence-corrected chi connectivity index (χ1v) is 6.83. The lowest BCUT2D eigenvalue weighted by atomic mass is 9.90. The zero-order valence-corrected chi connectivity index (χ0v) is 11.7. The van der Waals surface area contributed by atoms with Crippen molar-refractivity contribution in [3.8, 4) is 0 Å². The van der Waals surface area contributed by atoms with Crippen LogP contribution in [0.1, 0.15) is 18.4 Å². The van der Waals surface area contributed by atoms with E-state index in [1.807, 2.05) is 6.07 Å². The van der Waals surface area contributed by atoms with E-state index in [4.69, 9.17) is 4.74 Å². The topological polar surface area (TPSA) is 41.5 Å². The average molecular weight is 318 g/mol. The molecule has 18 heavy (non-hydrogen) atoms. The Kier molecular flexibility index (Phi) is 4.72. The third kappa shape index (κ3) is 3.09. The van der Waals surface area contributed by atoms with Crippen LogP contribution in [0.3, 0.4) is 0 Å². The summed E-state index contributed by atoms with van der Waals surface area (Å²) < 4.78 is 19.2. The monoisotopic (exact) mass is 317 g/mol. The van der Waals surface area contributed by atoms with Crippen LogP contribution in [0.2, 0.25) is 0 Å². The first-order valence-electron chi connectivity index (χ1n) is 6.03. The van der Waals surface area contributed by atoms with Gasteiger partial charge in [0.1, 0.15) is 5.82 Å². The van der Waals surface area contributed by atoms with Gasteiger partial charge in [-0.1, -0.05) is 12.1 Å². The molecule has 1 aliphatic heterocycles. The molecule has 1 fully saturated rings. The molecule has 0 unspecified atom stereocenters. The second-order valence-corrected chi connectivity index (χ2v) is 5.41. The molecule has 5 heteroatoms. The van der Waals surface area contributed by atoms with Crippen LogP contribution in [0, 0.1) is 5.82 Å². The van der Waals surface area contributed by atoms with Crippen LogP contribution in [0.15, 0.2) is 22.7 Å². The fraction of sp³-hybridized carbons (Fsp3) is 0.538. The molecule has 1 aromatic carbocycles. The fourth-order valence-electron chi connectivity index (χ4n) is 2.12. The fourth-order valence-corrected chi connectivity index (χ4v) is 2.53. The lowest BCUT2D eigenvalue weighted by molar-refractivity contribution is 0.0111. The highest BCUT2D eigenvalue weighted by Gasteiger charge is 2.31. The average Bonchev–Trinajstić information content (AvgIpc) is 2.41. The summed E-state index contributed by atoms with van der Waals surface area (Å²) in [7, 11) is 0. The number of ether oxygens (including phenoxy) is 1. The summed E-state index contributed by atoms with van der Waals surface area (Å²) in [6.07, 6.45) is 1.55. The molecule has 0 aromatic heterocycles. The third-order valence-corrected chi connectivity index (χ3v) is 4.33. The van der Waals surface area contributed by atoms with E-state index >= 15 is 0 Å². The van der Waals surface area contributed by atoms with E-state index in [2.05, 4.69) is 21.2 Å². The van der Waals surface area contributed by atoms with Gasteiger partial charge < -0.3 is 15.2 Å². The molecule has 0 aliphatic carbocycles. The number of hydrogen-bond acceptors (Lipinski definition) is 3. The Balaban J connectivity index is 2.03. The minimum Gasteiger partial charge on any atom is -0.394 e. The molecule has 2 N–H and O–H groups in total. The second kappa shape index (κ2) is 6.10. The van der Waals surface area contributed by atoms with Gasteiger partial charge >= 0.3 is 0 Å². The molecule has 100 valence electrons. The molecular formula is C13H17BrFNO2. The maximum absolute atomic E-state index is 13.4. The second-order valence-electron chi connectivity index (χ2n) is 4.62. The van der Waals surface area contributed by atoms with Gasteiger partial charge in [0, 0.05) is 25.3 Å². The van der Waals surface area contributed by atoms with Gasteiger partial charge in [-0.15, -0.1) is 0 Å². The van der Waals surface area contributed by atoms with Crippen LogP contribution in [-0.4, -0.2) is 30.5 Å². The van der Waals surface area contributed by atoms with Crippen molar-refractivity contribution in [2.45, 2.75) is 24.9 Å². The van der Waals surface area contributed by atoms with Crippen LogP contribution in [0.25, 0.3) is 0 Å². The number of halogens is 2. The van der Waals surface area contributed by atoms with E-state index in [0.29, 0.717) is 24.2 Å². The summed E-state index contributed by atoms with van der Waals surface area (Å²) >= 11 is 3.24. The van der Waals surface area contributed by atoms with Crippen LogP contribution >= 0.6 is 15.9 Å². The number of rotatable bonds is 4. The molecule has 0 saturated carbocycles. The Labute approximate surface area is 114 Å². The summed E-state index contributed by atoms with van der Waals surface area (Å²) in [4.78, 5) is 0. The van der Waals surface area contributed by atoms with E-state index in [1.54, 1.807) is 6.07 Å². The Morgan fingerprint density at radius 1 is 1.39 bits per heavy atom. The zero-order chi connectivity index (χ0) is 13.0. The summed E-state index contributed by atoms with van der Waals surface area (Å²) in [6, 6.07) is 4.97. The normalized spacial score (nSPS) is 18.8. The molecule has 0 atom stereocenters. The first kappa shape index (κ1) is 13.9. The zero-order valence-electron chi connectivity index (χ0n) is 10.1. The van der Waals surface area contributed by atoms with Gasteiger partial charge in [-0.3, -0.25) is 0 Å². The molecule has 1 saturated heterocycles. The lowest BCUT2D eigenvalue weighted by Gasteiger charge is -2.36. The van der Waals surface area contributed by atoms with Crippen molar-refractivity contribution in [2.75, 3.05) is 19.8 Å². The van der Waals surface area contributed by atoms with Crippen molar-refractivity contribution in [2.24, 2.45) is 0 Å². The van der Waals surface area contributed by atoms with Crippen LogP contribution in [0.5, 0.6) is 0 Å². The number of nitrogens with one attached hydrogen (secondary N) is 1. The molecule has 0 spiro atoms. The summed E-state index contributed by atoms with van der Waals surface area (Å²) in [5, 5.41) is 12.9. The first-order chi connectivity index (χ1) is 8.67. The maximum atomic E-state index is 13.4. The van der Waals surface area contributed by atoms with Crippen molar-refractivity contribution in [1.82, 2.24) is 5.32 Å². The molecular weight excluding hydrogens is 301 g/mol. The maximum Gasteiger partial charge on any atom is 0.137 e. The molecule has 0 amide bonds. The van der Waals surface area contributed by atoms with Crippen molar-refractivity contribution >= 4 is 15.9 Å². The predicted molar refractivity (Wildman–Crippen MR) is 70.8 cm³/mol. The summed E-state index contributed by atoms with van der Waals surface area (Å²) in [5.41, 5.74) is 0.554. The van der Waals surface area contributed by atoms with Gasteiger partial charge in [0.2, 0.25) is 0 Å². The highest BCUT2D eigenvalue weighted by molar-refractivity contribution is 9.10. The molecule has 0 radical (unpaired) electrons. The summed E-state index contributed by atoms with van der Waals surface area (Å²) in [6.45, 7) is 1.90. The van der Waals surface area contributed by atoms with Gasteiger partial charge in [0.15, 0.2) is 0 Å². The van der Waals surface area contributed by atoms with E-state index in [0.717, 1.165) is 18.4 Å². The minimum absolute atomic E-state index is 0.0727. The number of aliphatic hydroxyl groups is 1. The number of hydrogen-bond donors (Lipinski definition) is 2. The lowest BCUT2D eigenvalue weighted by Crippen LogP contribution is -2.51. The summed E-state index contributed by atoms with van der Waals surface area (Å²) in [5.74, 6) is -0.265. The highest BCUT2D eigenvalue weighted by Crippen LogP contribution is 2.24. The standard InChI is InChI=1S/C13H17BrFNO2/c14-12-10(2-1-3-11(12)15)8-16-13(9-17)4-6-18-7-5-13/h1-3,16-17H,4-9H2. The van der Waals surface area contributed by atoms with Gasteiger partial charge in [-0.25, -0.2) is 4.39 Å². The van der Waals surface area contributed by atoms with Gasteiger partial charge in [0.25, 0.3) is 0 Å². The molecule has 3 nitrogen and oxygen atoms in total. The molecule has 2 rings (SSSR count). The molecule has 1 aromatic rings. The van der Waals surface area contributed by atoms with Crippen molar-refractivity contribution in [3.05, 3.63) is 34.1 Å². The van der Waals surface area contributed by atoms with Crippen molar-refractivity contribution in [3.63, 3.8) is 0 Å². The Bertz CT molecular complexity index is 408. The largest absolute Gasteiger partial charge is 0.394 e. The molecule has 1 aliphatic rings. The van der Waals surface area contributed by atoms with Crippen LogP contribution in [0.4, 0.5) is 4.39 Å². The van der Waals surface area contributed by atoms with E-state index < -0.39 is 0 Å². The smallest absolute Gasteiger partial charge is 0.137 e. The Morgan fingerprint density at radius 2 is 2.11 bits per heavy atom. The van der Waals surface area contributed by atoms with Gasteiger partial charge in [-0.2, -0.15) is 0 Å². The van der Waals surface area contributed by atoms with Gasteiger partial charge in [-0.05, 0) is 40.4 Å². The van der Waals surface area contributed by atoms with Crippen LogP contribution < -0.4 is 5.32 Å². The molecule has 0 bridgehead atoms. The highest BCUT2D eigenvalue weighted by atomic mass is 79.9. The number of aliphatic hydroxyl groups excluding tert-OH is 1. The number of benzene rings is 1. The SMILES string of the molecule is OCC1(NCc2cccc(F)c2Br)CCOCC1. The van der Waals surface area contributed by atoms with Gasteiger partial charge in [0.05, 0.1) is 11.1 Å². The predicted octanol–water partition coefficient (Wildman–Crippen LogP) is 2.22. The molecule has 1 heterocycles. The van der Waals surface area contributed by atoms with E-state index in [-0.39, 0.29) is 18.0 Å². The van der Waals surface area contributed by atoms with E-state index in [1.165, 1.54) is 6.07 Å². The Hall–Kier alpha value is -0.490.